The zero-order chi connectivity index (χ0) is 19.2. The van der Waals surface area contributed by atoms with Gasteiger partial charge in [-0.1, -0.05) is 24.3 Å². The van der Waals surface area contributed by atoms with Crippen molar-refractivity contribution in [3.8, 4) is 5.75 Å². The molecule has 0 atom stereocenters. The molecule has 0 fully saturated rings. The van der Waals surface area contributed by atoms with Gasteiger partial charge in [0.2, 0.25) is 0 Å². The molecule has 1 aromatic heterocycles. The molecule has 3 N–H and O–H groups in total. The molecule has 6 heteroatoms. The van der Waals surface area contributed by atoms with Crippen molar-refractivity contribution < 1.29 is 4.74 Å². The molecule has 0 saturated carbocycles. The first-order valence-electron chi connectivity index (χ1n) is 9.25. The highest BCUT2D eigenvalue weighted by Gasteiger charge is 2.05. The minimum atomic E-state index is 0. The van der Waals surface area contributed by atoms with Crippen molar-refractivity contribution >= 4 is 40.8 Å². The first-order valence-corrected chi connectivity index (χ1v) is 9.25. The fourth-order valence-electron chi connectivity index (χ4n) is 3.20. The van der Waals surface area contributed by atoms with E-state index in [2.05, 4.69) is 70.1 Å². The van der Waals surface area contributed by atoms with Gasteiger partial charge in [0.1, 0.15) is 5.75 Å². The summed E-state index contributed by atoms with van der Waals surface area (Å²) in [6.07, 6.45) is 3.03. The number of aromatic amines is 1. The van der Waals surface area contributed by atoms with E-state index in [1.807, 2.05) is 6.92 Å². The lowest BCUT2D eigenvalue weighted by atomic mass is 10.1. The minimum Gasteiger partial charge on any atom is -0.496 e. The topological polar surface area (TPSA) is 61.4 Å². The van der Waals surface area contributed by atoms with E-state index in [-0.39, 0.29) is 24.0 Å². The largest absolute Gasteiger partial charge is 0.496 e. The molecule has 0 aliphatic carbocycles. The van der Waals surface area contributed by atoms with Crippen LogP contribution in [0, 0.1) is 13.8 Å². The highest BCUT2D eigenvalue weighted by atomic mass is 127. The van der Waals surface area contributed by atoms with E-state index < -0.39 is 0 Å². The molecule has 2 aromatic carbocycles. The number of guanidine groups is 1. The van der Waals surface area contributed by atoms with Gasteiger partial charge in [0.25, 0.3) is 0 Å². The molecule has 0 saturated heterocycles. The Morgan fingerprint density at radius 2 is 1.93 bits per heavy atom. The first kappa shape index (κ1) is 22.1. The molecule has 3 aromatic rings. The lowest BCUT2D eigenvalue weighted by molar-refractivity contribution is 0.411. The molecule has 1 heterocycles. The van der Waals surface area contributed by atoms with Crippen LogP contribution >= 0.6 is 24.0 Å². The summed E-state index contributed by atoms with van der Waals surface area (Å²) in [5.74, 6) is 1.71. The number of ether oxygens (including phenoxy) is 1. The van der Waals surface area contributed by atoms with Crippen molar-refractivity contribution in [1.82, 2.24) is 15.6 Å². The third-order valence-corrected chi connectivity index (χ3v) is 4.77. The van der Waals surface area contributed by atoms with Crippen LogP contribution in [-0.2, 0) is 13.0 Å². The minimum absolute atomic E-state index is 0. The van der Waals surface area contributed by atoms with Gasteiger partial charge in [-0.15, -0.1) is 24.0 Å². The standard InChI is InChI=1S/C22H28N4O.HI/c1-15-5-8-19-18(14-25-20(19)11-15)9-10-24-22(23-3)26-13-17-7-6-16(2)21(12-17)27-4;/h5-8,11-12,14,25H,9-10,13H2,1-4H3,(H2,23,24,26);1H. The van der Waals surface area contributed by atoms with Crippen molar-refractivity contribution in [2.45, 2.75) is 26.8 Å². The van der Waals surface area contributed by atoms with Gasteiger partial charge < -0.3 is 20.4 Å². The average Bonchev–Trinajstić information content (AvgIpc) is 3.07. The van der Waals surface area contributed by atoms with Crippen molar-refractivity contribution in [3.05, 3.63) is 64.8 Å². The second-order valence-electron chi connectivity index (χ2n) is 6.77. The molecule has 0 unspecified atom stereocenters. The van der Waals surface area contributed by atoms with E-state index in [1.165, 1.54) is 22.0 Å². The lowest BCUT2D eigenvalue weighted by Gasteiger charge is -2.13. The number of hydrogen-bond donors (Lipinski definition) is 3. The molecule has 28 heavy (non-hydrogen) atoms. The van der Waals surface area contributed by atoms with Crippen molar-refractivity contribution in [2.24, 2.45) is 4.99 Å². The van der Waals surface area contributed by atoms with Gasteiger partial charge in [-0.2, -0.15) is 0 Å². The van der Waals surface area contributed by atoms with Crippen LogP contribution in [0.3, 0.4) is 0 Å². The highest BCUT2D eigenvalue weighted by Crippen LogP contribution is 2.20. The van der Waals surface area contributed by atoms with Gasteiger partial charge in [0.15, 0.2) is 5.96 Å². The number of halogens is 1. The van der Waals surface area contributed by atoms with Gasteiger partial charge in [0.05, 0.1) is 7.11 Å². The summed E-state index contributed by atoms with van der Waals surface area (Å²) in [6, 6.07) is 12.8. The number of aliphatic imine (C=N–C) groups is 1. The predicted molar refractivity (Wildman–Crippen MR) is 128 cm³/mol. The van der Waals surface area contributed by atoms with Crippen molar-refractivity contribution in [3.63, 3.8) is 0 Å². The van der Waals surface area contributed by atoms with E-state index >= 15 is 0 Å². The monoisotopic (exact) mass is 492 g/mol. The SMILES string of the molecule is CN=C(NCCc1c[nH]c2cc(C)ccc12)NCc1ccc(C)c(OC)c1.I. The van der Waals surface area contributed by atoms with Crippen LogP contribution in [0.25, 0.3) is 10.9 Å². The molecule has 0 bridgehead atoms. The smallest absolute Gasteiger partial charge is 0.191 e. The van der Waals surface area contributed by atoms with Gasteiger partial charge in [-0.25, -0.2) is 0 Å². The Labute approximate surface area is 184 Å². The summed E-state index contributed by atoms with van der Waals surface area (Å²) in [5, 5.41) is 8.03. The fraction of sp³-hybridized carbons (Fsp3) is 0.318. The Balaban J connectivity index is 0.00000280. The second-order valence-corrected chi connectivity index (χ2v) is 6.77. The van der Waals surface area contributed by atoms with Gasteiger partial charge >= 0.3 is 0 Å². The number of aryl methyl sites for hydroxylation is 2. The summed E-state index contributed by atoms with van der Waals surface area (Å²) < 4.78 is 5.39. The molecule has 0 aliphatic heterocycles. The number of nitrogens with zero attached hydrogens (tertiary/aromatic N) is 1. The van der Waals surface area contributed by atoms with Gasteiger partial charge in [0, 0.05) is 37.2 Å². The number of H-pyrrole nitrogens is 1. The molecule has 3 rings (SSSR count). The third kappa shape index (κ3) is 5.41. The van der Waals surface area contributed by atoms with Crippen molar-refractivity contribution in [2.75, 3.05) is 20.7 Å². The number of nitrogens with one attached hydrogen (secondary N) is 3. The normalized spacial score (nSPS) is 11.2. The summed E-state index contributed by atoms with van der Waals surface area (Å²) in [4.78, 5) is 7.67. The van der Waals surface area contributed by atoms with E-state index in [9.17, 15) is 0 Å². The molecule has 0 radical (unpaired) electrons. The maximum absolute atomic E-state index is 5.39. The molecule has 0 aliphatic rings. The maximum Gasteiger partial charge on any atom is 0.191 e. The van der Waals surface area contributed by atoms with E-state index in [1.54, 1.807) is 14.2 Å². The Morgan fingerprint density at radius 1 is 1.11 bits per heavy atom. The first-order chi connectivity index (χ1) is 13.1. The Kier molecular flexibility index (Phi) is 8.17. The highest BCUT2D eigenvalue weighted by molar-refractivity contribution is 14.0. The van der Waals surface area contributed by atoms with E-state index in [0.717, 1.165) is 35.8 Å². The van der Waals surface area contributed by atoms with Crippen LogP contribution in [0.1, 0.15) is 22.3 Å². The molecular formula is C22H29IN4O. The number of methoxy groups -OCH3 is 1. The quantitative estimate of drug-likeness (QED) is 0.273. The summed E-state index contributed by atoms with van der Waals surface area (Å²) in [7, 11) is 3.49. The van der Waals surface area contributed by atoms with Crippen LogP contribution in [0.4, 0.5) is 0 Å². The molecule has 0 amide bonds. The summed E-state index contributed by atoms with van der Waals surface area (Å²) in [6.45, 7) is 5.67. The Hall–Kier alpha value is -2.22. The zero-order valence-corrected chi connectivity index (χ0v) is 19.3. The van der Waals surface area contributed by atoms with Crippen LogP contribution in [0.2, 0.25) is 0 Å². The molecular weight excluding hydrogens is 463 g/mol. The average molecular weight is 492 g/mol. The number of hydrogen-bond acceptors (Lipinski definition) is 2. The third-order valence-electron chi connectivity index (χ3n) is 4.77. The molecule has 0 spiro atoms. The van der Waals surface area contributed by atoms with Crippen molar-refractivity contribution in [1.29, 1.82) is 0 Å². The molecule has 5 nitrogen and oxygen atoms in total. The zero-order valence-electron chi connectivity index (χ0n) is 16.9. The number of aromatic nitrogens is 1. The second kappa shape index (κ2) is 10.4. The number of benzene rings is 2. The fourth-order valence-corrected chi connectivity index (χ4v) is 3.20. The van der Waals surface area contributed by atoms with Crippen LogP contribution < -0.4 is 15.4 Å². The van der Waals surface area contributed by atoms with Crippen LogP contribution in [-0.4, -0.2) is 31.6 Å². The summed E-state index contributed by atoms with van der Waals surface area (Å²) >= 11 is 0. The summed E-state index contributed by atoms with van der Waals surface area (Å²) in [5.41, 5.74) is 6.08. The number of rotatable bonds is 6. The predicted octanol–water partition coefficient (Wildman–Crippen LogP) is 4.32. The maximum atomic E-state index is 5.39. The van der Waals surface area contributed by atoms with Gasteiger partial charge in [-0.05, 0) is 54.7 Å². The van der Waals surface area contributed by atoms with Crippen LogP contribution in [0.5, 0.6) is 5.75 Å². The van der Waals surface area contributed by atoms with Gasteiger partial charge in [-0.3, -0.25) is 4.99 Å². The molecule has 150 valence electrons. The van der Waals surface area contributed by atoms with E-state index in [0.29, 0.717) is 6.54 Å². The number of fused-ring (bicyclic) bond motifs is 1. The van der Waals surface area contributed by atoms with Crippen LogP contribution in [0.15, 0.2) is 47.6 Å². The lowest BCUT2D eigenvalue weighted by Crippen LogP contribution is -2.37. The van der Waals surface area contributed by atoms with E-state index in [4.69, 9.17) is 4.74 Å². The Bertz CT molecular complexity index is 949. The Morgan fingerprint density at radius 3 is 2.68 bits per heavy atom.